The van der Waals surface area contributed by atoms with Gasteiger partial charge in [0.15, 0.2) is 0 Å². The van der Waals surface area contributed by atoms with Crippen LogP contribution in [0.5, 0.6) is 0 Å². The molecule has 0 bridgehead atoms. The Balaban J connectivity index is 2.03. The average Bonchev–Trinajstić information content (AvgIpc) is 3.18. The summed E-state index contributed by atoms with van der Waals surface area (Å²) >= 11 is 0. The number of carbonyl (C=O) groups is 1. The highest BCUT2D eigenvalue weighted by molar-refractivity contribution is 5.78. The molecule has 0 atom stereocenters. The molecule has 0 unspecified atom stereocenters. The number of likely N-dealkylation sites (N-methyl/N-ethyl adjacent to an activating group) is 1. The van der Waals surface area contributed by atoms with Gasteiger partial charge in [0.25, 0.3) is 0 Å². The highest BCUT2D eigenvalue weighted by Crippen LogP contribution is 2.12. The van der Waals surface area contributed by atoms with Crippen molar-refractivity contribution in [1.82, 2.24) is 9.80 Å². The van der Waals surface area contributed by atoms with Crippen LogP contribution in [-0.4, -0.2) is 35.3 Å². The number of nitrogens with zero attached hydrogens (tertiary/aromatic N) is 2. The predicted molar refractivity (Wildman–Crippen MR) is 88.6 cm³/mol. The normalized spacial score (nSPS) is 10.9. The molecule has 0 aromatic carbocycles. The fourth-order valence-corrected chi connectivity index (χ4v) is 2.41. The Kier molecular flexibility index (Phi) is 6.23. The van der Waals surface area contributed by atoms with Gasteiger partial charge in [0.2, 0.25) is 5.91 Å². The lowest BCUT2D eigenvalue weighted by atomic mass is 10.3. The van der Waals surface area contributed by atoms with Gasteiger partial charge in [0.05, 0.1) is 32.2 Å². The largest absolute Gasteiger partial charge is 0.468 e. The molecule has 5 heteroatoms. The van der Waals surface area contributed by atoms with Crippen LogP contribution in [0.25, 0.3) is 0 Å². The smallest absolute Gasteiger partial charge is 0.237 e. The Labute approximate surface area is 137 Å². The molecule has 0 N–H and O–H groups in total. The zero-order valence-electron chi connectivity index (χ0n) is 13.8. The third kappa shape index (κ3) is 5.45. The first-order valence-electron chi connectivity index (χ1n) is 7.77. The Morgan fingerprint density at radius 3 is 2.04 bits per heavy atom. The highest BCUT2D eigenvalue weighted by Gasteiger charge is 2.18. The molecule has 5 nitrogen and oxygen atoms in total. The fourth-order valence-electron chi connectivity index (χ4n) is 2.41. The summed E-state index contributed by atoms with van der Waals surface area (Å²) in [4.78, 5) is 16.4. The van der Waals surface area contributed by atoms with Crippen molar-refractivity contribution < 1.29 is 13.6 Å². The Hall–Kier alpha value is -2.27. The molecular formula is C18H24N2O3. The van der Waals surface area contributed by atoms with Gasteiger partial charge in [-0.2, -0.15) is 0 Å². The van der Waals surface area contributed by atoms with Gasteiger partial charge < -0.3 is 13.7 Å². The minimum absolute atomic E-state index is 0.0774. The van der Waals surface area contributed by atoms with Crippen LogP contribution in [0, 0.1) is 0 Å². The van der Waals surface area contributed by atoms with Gasteiger partial charge in [-0.3, -0.25) is 9.69 Å². The van der Waals surface area contributed by atoms with E-state index < -0.39 is 0 Å². The quantitative estimate of drug-likeness (QED) is 0.666. The van der Waals surface area contributed by atoms with E-state index in [1.165, 1.54) is 0 Å². The zero-order chi connectivity index (χ0) is 16.7. The lowest BCUT2D eigenvalue weighted by molar-refractivity contribution is -0.132. The van der Waals surface area contributed by atoms with E-state index in [0.29, 0.717) is 32.7 Å². The van der Waals surface area contributed by atoms with Gasteiger partial charge in [-0.1, -0.05) is 12.2 Å². The molecule has 0 saturated heterocycles. The first kappa shape index (κ1) is 17.1. The molecule has 2 rings (SSSR count). The highest BCUT2D eigenvalue weighted by atomic mass is 16.3. The van der Waals surface area contributed by atoms with Crippen LogP contribution in [0.4, 0.5) is 0 Å². The second-order valence-corrected chi connectivity index (χ2v) is 5.67. The topological polar surface area (TPSA) is 49.8 Å². The average molecular weight is 316 g/mol. The van der Waals surface area contributed by atoms with Gasteiger partial charge in [-0.05, 0) is 38.1 Å². The first-order valence-corrected chi connectivity index (χ1v) is 7.77. The minimum atomic E-state index is 0.0774. The van der Waals surface area contributed by atoms with Crippen molar-refractivity contribution in [2.75, 3.05) is 19.6 Å². The molecule has 0 fully saturated rings. The molecule has 124 valence electrons. The molecule has 23 heavy (non-hydrogen) atoms. The molecular weight excluding hydrogens is 292 g/mol. The van der Waals surface area contributed by atoms with Crippen LogP contribution in [0.2, 0.25) is 0 Å². The summed E-state index contributed by atoms with van der Waals surface area (Å²) in [5, 5.41) is 0. The van der Waals surface area contributed by atoms with Gasteiger partial charge in [0.1, 0.15) is 11.5 Å². The Morgan fingerprint density at radius 1 is 1.09 bits per heavy atom. The molecule has 0 radical (unpaired) electrons. The van der Waals surface area contributed by atoms with Crippen LogP contribution in [-0.2, 0) is 17.9 Å². The summed E-state index contributed by atoms with van der Waals surface area (Å²) < 4.78 is 10.8. The molecule has 1 amide bonds. The first-order chi connectivity index (χ1) is 11.1. The van der Waals surface area contributed by atoms with E-state index in [1.807, 2.05) is 43.0 Å². The van der Waals surface area contributed by atoms with Crippen molar-refractivity contribution in [3.8, 4) is 0 Å². The number of furan rings is 2. The van der Waals surface area contributed by atoms with Crippen molar-refractivity contribution in [3.05, 3.63) is 60.5 Å². The summed E-state index contributed by atoms with van der Waals surface area (Å²) in [5.41, 5.74) is 0.976. The molecule has 0 saturated carbocycles. The van der Waals surface area contributed by atoms with Crippen LogP contribution < -0.4 is 0 Å². The summed E-state index contributed by atoms with van der Waals surface area (Å²) in [7, 11) is 0. The number of rotatable bonds is 9. The fraction of sp³-hybridized carbons (Fsp3) is 0.389. The third-order valence-electron chi connectivity index (χ3n) is 3.47. The SMILES string of the molecule is C=C(C)CN(CC)C(=O)CN(Cc1ccco1)Cc1ccco1. The zero-order valence-corrected chi connectivity index (χ0v) is 13.8. The molecule has 0 aliphatic carbocycles. The van der Waals surface area contributed by atoms with E-state index in [2.05, 4.69) is 6.58 Å². The maximum absolute atomic E-state index is 12.6. The summed E-state index contributed by atoms with van der Waals surface area (Å²) in [6, 6.07) is 7.51. The van der Waals surface area contributed by atoms with E-state index in [1.54, 1.807) is 17.4 Å². The minimum Gasteiger partial charge on any atom is -0.468 e. The van der Waals surface area contributed by atoms with Crippen LogP contribution >= 0.6 is 0 Å². The van der Waals surface area contributed by atoms with Crippen molar-refractivity contribution in [2.45, 2.75) is 26.9 Å². The molecule has 0 aliphatic rings. The lowest BCUT2D eigenvalue weighted by Crippen LogP contribution is -2.40. The van der Waals surface area contributed by atoms with E-state index in [9.17, 15) is 4.79 Å². The maximum Gasteiger partial charge on any atom is 0.237 e. The molecule has 0 aliphatic heterocycles. The van der Waals surface area contributed by atoms with Gasteiger partial charge in [-0.25, -0.2) is 0 Å². The van der Waals surface area contributed by atoms with Crippen molar-refractivity contribution in [2.24, 2.45) is 0 Å². The summed E-state index contributed by atoms with van der Waals surface area (Å²) in [6.45, 7) is 10.5. The summed E-state index contributed by atoms with van der Waals surface area (Å²) in [5.74, 6) is 1.73. The van der Waals surface area contributed by atoms with Crippen molar-refractivity contribution >= 4 is 5.91 Å². The molecule has 2 aromatic rings. The molecule has 2 aromatic heterocycles. The second kappa shape index (κ2) is 8.39. The standard InChI is InChI=1S/C18H24N2O3/c1-4-20(11-15(2)3)18(21)14-19(12-16-7-5-9-22-16)13-17-8-6-10-23-17/h5-10H,2,4,11-14H2,1,3H3. The Bertz CT molecular complexity index is 566. The van der Waals surface area contributed by atoms with E-state index in [0.717, 1.165) is 17.1 Å². The second-order valence-electron chi connectivity index (χ2n) is 5.67. The van der Waals surface area contributed by atoms with Gasteiger partial charge in [0, 0.05) is 13.1 Å². The monoisotopic (exact) mass is 316 g/mol. The third-order valence-corrected chi connectivity index (χ3v) is 3.47. The summed E-state index contributed by atoms with van der Waals surface area (Å²) in [6.07, 6.45) is 3.28. The predicted octanol–water partition coefficient (Wildman–Crippen LogP) is 3.30. The van der Waals surface area contributed by atoms with Crippen LogP contribution in [0.3, 0.4) is 0 Å². The van der Waals surface area contributed by atoms with E-state index in [-0.39, 0.29) is 5.91 Å². The lowest BCUT2D eigenvalue weighted by Gasteiger charge is -2.26. The number of hydrogen-bond donors (Lipinski definition) is 0. The Morgan fingerprint density at radius 2 is 1.65 bits per heavy atom. The van der Waals surface area contributed by atoms with Crippen molar-refractivity contribution in [3.63, 3.8) is 0 Å². The van der Waals surface area contributed by atoms with E-state index in [4.69, 9.17) is 8.83 Å². The molecule has 2 heterocycles. The number of amides is 1. The number of hydrogen-bond acceptors (Lipinski definition) is 4. The van der Waals surface area contributed by atoms with Crippen LogP contribution in [0.15, 0.2) is 57.8 Å². The van der Waals surface area contributed by atoms with E-state index >= 15 is 0 Å². The number of carbonyl (C=O) groups excluding carboxylic acids is 1. The maximum atomic E-state index is 12.6. The van der Waals surface area contributed by atoms with Crippen LogP contribution in [0.1, 0.15) is 25.4 Å². The molecule has 0 spiro atoms. The van der Waals surface area contributed by atoms with Gasteiger partial charge in [-0.15, -0.1) is 0 Å². The van der Waals surface area contributed by atoms with Crippen molar-refractivity contribution in [1.29, 1.82) is 0 Å². The van der Waals surface area contributed by atoms with Gasteiger partial charge >= 0.3 is 0 Å².